The summed E-state index contributed by atoms with van der Waals surface area (Å²) >= 11 is 1.58. The van der Waals surface area contributed by atoms with Gasteiger partial charge in [-0.2, -0.15) is 0 Å². The number of aliphatic imine (C=N–C) groups is 1. The van der Waals surface area contributed by atoms with Gasteiger partial charge in [-0.15, -0.1) is 34.2 Å². The minimum atomic E-state index is 0. The van der Waals surface area contributed by atoms with Gasteiger partial charge in [-0.1, -0.05) is 37.3 Å². The lowest BCUT2D eigenvalue weighted by molar-refractivity contribution is 0.816. The average Bonchev–Trinajstić information content (AvgIpc) is 2.85. The Morgan fingerprint density at radius 3 is 2.76 bits per heavy atom. The third kappa shape index (κ3) is 5.58. The zero-order valence-electron chi connectivity index (χ0n) is 12.3. The molecule has 7 heteroatoms. The highest BCUT2D eigenvalue weighted by molar-refractivity contribution is 14.0. The van der Waals surface area contributed by atoms with Crippen molar-refractivity contribution in [3.8, 4) is 0 Å². The molecule has 0 saturated heterocycles. The SMILES string of the molecule is Cc1cccc(NC(N)=NCc2nnc(C(C)C)s2)c1.I. The van der Waals surface area contributed by atoms with E-state index >= 15 is 0 Å². The quantitative estimate of drug-likeness (QED) is 0.454. The first kappa shape index (κ1) is 17.8. The molecule has 1 aromatic heterocycles. The predicted molar refractivity (Wildman–Crippen MR) is 99.5 cm³/mol. The van der Waals surface area contributed by atoms with Crippen LogP contribution in [-0.4, -0.2) is 16.2 Å². The number of aryl methyl sites for hydroxylation is 1. The summed E-state index contributed by atoms with van der Waals surface area (Å²) < 4.78 is 0. The average molecular weight is 417 g/mol. The smallest absolute Gasteiger partial charge is 0.193 e. The van der Waals surface area contributed by atoms with Crippen molar-refractivity contribution < 1.29 is 0 Å². The highest BCUT2D eigenvalue weighted by atomic mass is 127. The van der Waals surface area contributed by atoms with Crippen molar-refractivity contribution in [2.75, 3.05) is 5.32 Å². The van der Waals surface area contributed by atoms with E-state index in [9.17, 15) is 0 Å². The summed E-state index contributed by atoms with van der Waals surface area (Å²) in [6, 6.07) is 7.99. The maximum Gasteiger partial charge on any atom is 0.193 e. The van der Waals surface area contributed by atoms with Gasteiger partial charge in [0.15, 0.2) is 5.96 Å². The molecule has 0 bridgehead atoms. The molecule has 2 aromatic rings. The highest BCUT2D eigenvalue weighted by Crippen LogP contribution is 2.19. The van der Waals surface area contributed by atoms with Crippen molar-refractivity contribution in [2.45, 2.75) is 33.2 Å². The lowest BCUT2D eigenvalue weighted by Gasteiger charge is -2.05. The van der Waals surface area contributed by atoms with Crippen molar-refractivity contribution in [2.24, 2.45) is 10.7 Å². The van der Waals surface area contributed by atoms with E-state index in [2.05, 4.69) is 34.4 Å². The van der Waals surface area contributed by atoms with Gasteiger partial charge in [0.25, 0.3) is 0 Å². The van der Waals surface area contributed by atoms with E-state index in [0.29, 0.717) is 18.4 Å². The largest absolute Gasteiger partial charge is 0.370 e. The number of rotatable bonds is 4. The van der Waals surface area contributed by atoms with Crippen molar-refractivity contribution in [3.05, 3.63) is 39.8 Å². The second-order valence-corrected chi connectivity index (χ2v) is 5.98. The number of nitrogens with zero attached hydrogens (tertiary/aromatic N) is 3. The second-order valence-electron chi connectivity index (χ2n) is 4.88. The fourth-order valence-electron chi connectivity index (χ4n) is 1.63. The van der Waals surface area contributed by atoms with Crippen molar-refractivity contribution in [3.63, 3.8) is 0 Å². The van der Waals surface area contributed by atoms with Gasteiger partial charge in [-0.3, -0.25) is 0 Å². The van der Waals surface area contributed by atoms with Gasteiger partial charge >= 0.3 is 0 Å². The van der Waals surface area contributed by atoms with Gasteiger partial charge in [-0.05, 0) is 24.6 Å². The summed E-state index contributed by atoms with van der Waals surface area (Å²) in [4.78, 5) is 4.28. The third-order valence-corrected chi connectivity index (χ3v) is 3.86. The fourth-order valence-corrected chi connectivity index (χ4v) is 2.40. The molecule has 0 radical (unpaired) electrons. The number of guanidine groups is 1. The summed E-state index contributed by atoms with van der Waals surface area (Å²) in [6.45, 7) is 6.69. The molecule has 0 aliphatic carbocycles. The Labute approximate surface area is 146 Å². The van der Waals surface area contributed by atoms with Gasteiger partial charge < -0.3 is 11.1 Å². The maximum absolute atomic E-state index is 5.87. The van der Waals surface area contributed by atoms with Gasteiger partial charge in [0.1, 0.15) is 10.0 Å². The molecule has 0 aliphatic rings. The maximum atomic E-state index is 5.87. The molecule has 0 aliphatic heterocycles. The monoisotopic (exact) mass is 417 g/mol. The Kier molecular flexibility index (Phi) is 7.03. The molecule has 2 rings (SSSR count). The summed E-state index contributed by atoms with van der Waals surface area (Å²) in [5.74, 6) is 0.782. The van der Waals surface area contributed by atoms with Gasteiger partial charge in [0.05, 0.1) is 6.54 Å². The number of anilines is 1. The molecule has 0 atom stereocenters. The molecule has 3 N–H and O–H groups in total. The van der Waals surface area contributed by atoms with Crippen LogP contribution in [-0.2, 0) is 6.54 Å². The first-order chi connectivity index (χ1) is 9.54. The number of benzene rings is 1. The van der Waals surface area contributed by atoms with Crippen LogP contribution in [0.25, 0.3) is 0 Å². The standard InChI is InChI=1S/C14H19N5S.HI/c1-9(2)13-19-18-12(20-13)8-16-14(15)17-11-6-4-5-10(3)7-11;/h4-7,9H,8H2,1-3H3,(H3,15,16,17);1H. The van der Waals surface area contributed by atoms with E-state index < -0.39 is 0 Å². The van der Waals surface area contributed by atoms with Crippen LogP contribution >= 0.6 is 35.3 Å². The lowest BCUT2D eigenvalue weighted by atomic mass is 10.2. The minimum absolute atomic E-state index is 0. The Bertz CT molecular complexity index is 609. The molecular formula is C14H20IN5S. The Balaban J connectivity index is 0.00000220. The number of nitrogens with one attached hydrogen (secondary N) is 1. The first-order valence-corrected chi connectivity index (χ1v) is 7.32. The summed E-state index contributed by atoms with van der Waals surface area (Å²) in [6.07, 6.45) is 0. The van der Waals surface area contributed by atoms with E-state index in [0.717, 1.165) is 15.7 Å². The Hall–Kier alpha value is -1.22. The molecule has 5 nitrogen and oxygen atoms in total. The van der Waals surface area contributed by atoms with Crippen LogP contribution in [0.3, 0.4) is 0 Å². The highest BCUT2D eigenvalue weighted by Gasteiger charge is 2.07. The number of hydrogen-bond donors (Lipinski definition) is 2. The predicted octanol–water partition coefficient (Wildman–Crippen LogP) is 3.51. The fraction of sp³-hybridized carbons (Fsp3) is 0.357. The van der Waals surface area contributed by atoms with Crippen LogP contribution in [0.5, 0.6) is 0 Å². The molecular weight excluding hydrogens is 397 g/mol. The topological polar surface area (TPSA) is 76.2 Å². The van der Waals surface area contributed by atoms with E-state index in [-0.39, 0.29) is 24.0 Å². The Morgan fingerprint density at radius 1 is 1.38 bits per heavy atom. The molecule has 0 fully saturated rings. The van der Waals surface area contributed by atoms with Crippen molar-refractivity contribution >= 4 is 47.0 Å². The molecule has 1 aromatic carbocycles. The molecule has 114 valence electrons. The summed E-state index contributed by atoms with van der Waals surface area (Å²) in [7, 11) is 0. The zero-order valence-corrected chi connectivity index (χ0v) is 15.5. The number of hydrogen-bond acceptors (Lipinski definition) is 4. The molecule has 1 heterocycles. The molecule has 0 saturated carbocycles. The van der Waals surface area contributed by atoms with Gasteiger partial charge in [-0.25, -0.2) is 4.99 Å². The van der Waals surface area contributed by atoms with Crippen molar-refractivity contribution in [1.82, 2.24) is 10.2 Å². The van der Waals surface area contributed by atoms with E-state index in [1.807, 2.05) is 31.2 Å². The molecule has 0 amide bonds. The molecule has 0 spiro atoms. The Morgan fingerprint density at radius 2 is 2.14 bits per heavy atom. The van der Waals surface area contributed by atoms with Gasteiger partial charge in [0.2, 0.25) is 0 Å². The normalized spacial score (nSPS) is 11.3. The van der Waals surface area contributed by atoms with Gasteiger partial charge in [0, 0.05) is 11.6 Å². The number of nitrogens with two attached hydrogens (primary N) is 1. The van der Waals surface area contributed by atoms with Crippen LogP contribution in [0.1, 0.15) is 35.3 Å². The molecule has 21 heavy (non-hydrogen) atoms. The van der Waals surface area contributed by atoms with E-state index in [4.69, 9.17) is 5.73 Å². The van der Waals surface area contributed by atoms with Crippen LogP contribution in [0, 0.1) is 6.92 Å². The number of halogens is 1. The summed E-state index contributed by atoms with van der Waals surface area (Å²) in [5.41, 5.74) is 7.98. The zero-order chi connectivity index (χ0) is 14.5. The van der Waals surface area contributed by atoms with Crippen LogP contribution in [0.4, 0.5) is 5.69 Å². The van der Waals surface area contributed by atoms with Crippen LogP contribution < -0.4 is 11.1 Å². The first-order valence-electron chi connectivity index (χ1n) is 6.50. The van der Waals surface area contributed by atoms with Crippen molar-refractivity contribution in [1.29, 1.82) is 0 Å². The summed E-state index contributed by atoms with van der Waals surface area (Å²) in [5, 5.41) is 13.2. The van der Waals surface area contributed by atoms with E-state index in [1.54, 1.807) is 11.3 Å². The molecule has 0 unspecified atom stereocenters. The van der Waals surface area contributed by atoms with Crippen LogP contribution in [0.2, 0.25) is 0 Å². The third-order valence-electron chi connectivity index (χ3n) is 2.65. The number of aromatic nitrogens is 2. The lowest BCUT2D eigenvalue weighted by Crippen LogP contribution is -2.22. The minimum Gasteiger partial charge on any atom is -0.370 e. The van der Waals surface area contributed by atoms with E-state index in [1.165, 1.54) is 5.56 Å². The van der Waals surface area contributed by atoms with Crippen LogP contribution in [0.15, 0.2) is 29.3 Å². The second kappa shape index (κ2) is 8.28.